The largest absolute Gasteiger partial charge is 0.491 e. The molecule has 4 heteroatoms. The summed E-state index contributed by atoms with van der Waals surface area (Å²) >= 11 is 0. The summed E-state index contributed by atoms with van der Waals surface area (Å²) in [6, 6.07) is 4.85. The van der Waals surface area contributed by atoms with Gasteiger partial charge in [-0.2, -0.15) is 0 Å². The van der Waals surface area contributed by atoms with Gasteiger partial charge in [0.2, 0.25) is 0 Å². The molecule has 3 nitrogen and oxygen atoms in total. The van der Waals surface area contributed by atoms with Crippen molar-refractivity contribution in [3.8, 4) is 5.75 Å². The molecule has 0 saturated heterocycles. The van der Waals surface area contributed by atoms with Crippen molar-refractivity contribution in [2.45, 2.75) is 13.8 Å². The lowest BCUT2D eigenvalue weighted by Gasteiger charge is -2.09. The van der Waals surface area contributed by atoms with Gasteiger partial charge in [-0.1, -0.05) is 0 Å². The van der Waals surface area contributed by atoms with Gasteiger partial charge in [0.25, 0.3) is 0 Å². The molecule has 0 aromatic heterocycles. The summed E-state index contributed by atoms with van der Waals surface area (Å²) in [4.78, 5) is 0. The van der Waals surface area contributed by atoms with E-state index in [1.54, 1.807) is 12.1 Å². The van der Waals surface area contributed by atoms with Gasteiger partial charge in [-0.05, 0) is 26.0 Å². The summed E-state index contributed by atoms with van der Waals surface area (Å²) in [5.74, 6) is -0.0545. The van der Waals surface area contributed by atoms with Gasteiger partial charge in [-0.25, -0.2) is 4.39 Å². The van der Waals surface area contributed by atoms with Crippen molar-refractivity contribution < 1.29 is 13.9 Å². The Balaban J connectivity index is 2.46. The number of ether oxygens (including phenoxy) is 2. The second kappa shape index (κ2) is 7.06. The molecular formula is C12H18FNO2. The van der Waals surface area contributed by atoms with Crippen molar-refractivity contribution in [3.05, 3.63) is 24.0 Å². The van der Waals surface area contributed by atoms with Crippen molar-refractivity contribution in [3.63, 3.8) is 0 Å². The average molecular weight is 227 g/mol. The van der Waals surface area contributed by atoms with E-state index < -0.39 is 0 Å². The average Bonchev–Trinajstić information content (AvgIpc) is 2.28. The third-order valence-electron chi connectivity index (χ3n) is 2.01. The highest BCUT2D eigenvalue weighted by atomic mass is 19.1. The summed E-state index contributed by atoms with van der Waals surface area (Å²) < 4.78 is 23.7. The Morgan fingerprint density at radius 3 is 2.69 bits per heavy atom. The normalized spacial score (nSPS) is 10.2. The van der Waals surface area contributed by atoms with Crippen LogP contribution in [0, 0.1) is 5.82 Å². The molecule has 1 aromatic rings. The number of nitrogens with one attached hydrogen (secondary N) is 1. The zero-order chi connectivity index (χ0) is 11.8. The van der Waals surface area contributed by atoms with Crippen LogP contribution in [-0.2, 0) is 4.74 Å². The van der Waals surface area contributed by atoms with Crippen molar-refractivity contribution in [1.29, 1.82) is 0 Å². The molecule has 0 amide bonds. The molecule has 0 saturated carbocycles. The maximum Gasteiger partial charge on any atom is 0.167 e. The van der Waals surface area contributed by atoms with Crippen LogP contribution in [0.15, 0.2) is 18.2 Å². The molecule has 0 aliphatic heterocycles. The maximum atomic E-state index is 13.4. The van der Waals surface area contributed by atoms with Crippen LogP contribution >= 0.6 is 0 Å². The first-order valence-corrected chi connectivity index (χ1v) is 5.51. The summed E-state index contributed by atoms with van der Waals surface area (Å²) in [7, 11) is 0. The second-order valence-electron chi connectivity index (χ2n) is 3.20. The minimum atomic E-state index is -0.344. The van der Waals surface area contributed by atoms with Crippen LogP contribution in [0.3, 0.4) is 0 Å². The van der Waals surface area contributed by atoms with E-state index in [9.17, 15) is 4.39 Å². The van der Waals surface area contributed by atoms with Crippen LogP contribution in [0.4, 0.5) is 10.1 Å². The molecule has 0 aliphatic carbocycles. The monoisotopic (exact) mass is 227 g/mol. The fraction of sp³-hybridized carbons (Fsp3) is 0.500. The fourth-order valence-electron chi connectivity index (χ4n) is 1.30. The first-order chi connectivity index (χ1) is 7.77. The quantitative estimate of drug-likeness (QED) is 0.726. The molecule has 16 heavy (non-hydrogen) atoms. The Bertz CT molecular complexity index is 318. The molecule has 0 aliphatic rings. The van der Waals surface area contributed by atoms with Gasteiger partial charge in [0, 0.05) is 24.9 Å². The summed E-state index contributed by atoms with van der Waals surface area (Å²) in [6.45, 7) is 6.21. The van der Waals surface area contributed by atoms with E-state index in [-0.39, 0.29) is 11.6 Å². The summed E-state index contributed by atoms with van der Waals surface area (Å²) in [6.07, 6.45) is 0. The lowest BCUT2D eigenvalue weighted by Crippen LogP contribution is -2.09. The molecule has 0 fully saturated rings. The van der Waals surface area contributed by atoms with Crippen LogP contribution in [-0.4, -0.2) is 26.4 Å². The highest BCUT2D eigenvalue weighted by molar-refractivity contribution is 5.47. The third kappa shape index (κ3) is 4.06. The Hall–Kier alpha value is -1.29. The van der Waals surface area contributed by atoms with E-state index in [0.717, 1.165) is 5.69 Å². The van der Waals surface area contributed by atoms with E-state index in [4.69, 9.17) is 9.47 Å². The van der Waals surface area contributed by atoms with Gasteiger partial charge < -0.3 is 14.8 Å². The molecule has 1 N–H and O–H groups in total. The topological polar surface area (TPSA) is 30.5 Å². The Kier molecular flexibility index (Phi) is 5.64. The number of benzene rings is 1. The van der Waals surface area contributed by atoms with Gasteiger partial charge in [0.1, 0.15) is 0 Å². The first kappa shape index (κ1) is 12.8. The SMILES string of the molecule is CCOCCNc1ccc(OCC)c(F)c1. The number of hydrogen-bond acceptors (Lipinski definition) is 3. The van der Waals surface area contributed by atoms with E-state index in [2.05, 4.69) is 5.32 Å². The minimum Gasteiger partial charge on any atom is -0.491 e. The van der Waals surface area contributed by atoms with Crippen LogP contribution in [0.25, 0.3) is 0 Å². The molecule has 0 bridgehead atoms. The Morgan fingerprint density at radius 2 is 2.06 bits per heavy atom. The minimum absolute atomic E-state index is 0.290. The number of rotatable bonds is 7. The molecule has 90 valence electrons. The maximum absolute atomic E-state index is 13.4. The van der Waals surface area contributed by atoms with Crippen molar-refractivity contribution in [1.82, 2.24) is 0 Å². The van der Waals surface area contributed by atoms with Gasteiger partial charge in [-0.3, -0.25) is 0 Å². The van der Waals surface area contributed by atoms with Gasteiger partial charge in [0.15, 0.2) is 11.6 Å². The summed E-state index contributed by atoms with van der Waals surface area (Å²) in [5.41, 5.74) is 0.737. The zero-order valence-electron chi connectivity index (χ0n) is 9.75. The third-order valence-corrected chi connectivity index (χ3v) is 2.01. The standard InChI is InChI=1S/C12H18FNO2/c1-3-15-8-7-14-10-5-6-12(16-4-2)11(13)9-10/h5-6,9,14H,3-4,7-8H2,1-2H3. The predicted octanol–water partition coefficient (Wildman–Crippen LogP) is 2.67. The Morgan fingerprint density at radius 1 is 1.25 bits per heavy atom. The second-order valence-corrected chi connectivity index (χ2v) is 3.20. The van der Waals surface area contributed by atoms with Crippen molar-refractivity contribution in [2.75, 3.05) is 31.7 Å². The van der Waals surface area contributed by atoms with Crippen molar-refractivity contribution >= 4 is 5.69 Å². The van der Waals surface area contributed by atoms with Crippen LogP contribution in [0.2, 0.25) is 0 Å². The van der Waals surface area contributed by atoms with E-state index >= 15 is 0 Å². The van der Waals surface area contributed by atoms with Gasteiger partial charge in [-0.15, -0.1) is 0 Å². The molecule has 0 radical (unpaired) electrons. The predicted molar refractivity (Wildman–Crippen MR) is 62.6 cm³/mol. The van der Waals surface area contributed by atoms with Gasteiger partial charge in [0.05, 0.1) is 13.2 Å². The number of hydrogen-bond donors (Lipinski definition) is 1. The number of halogens is 1. The smallest absolute Gasteiger partial charge is 0.167 e. The van der Waals surface area contributed by atoms with E-state index in [1.165, 1.54) is 6.07 Å². The molecule has 0 atom stereocenters. The fourth-order valence-corrected chi connectivity index (χ4v) is 1.30. The van der Waals surface area contributed by atoms with Gasteiger partial charge >= 0.3 is 0 Å². The molecule has 0 spiro atoms. The highest BCUT2D eigenvalue weighted by Crippen LogP contribution is 2.20. The summed E-state index contributed by atoms with van der Waals surface area (Å²) in [5, 5.41) is 3.07. The molecule has 1 rings (SSSR count). The molecule has 0 heterocycles. The Labute approximate surface area is 95.6 Å². The molecular weight excluding hydrogens is 209 g/mol. The molecule has 0 unspecified atom stereocenters. The zero-order valence-corrected chi connectivity index (χ0v) is 9.75. The van der Waals surface area contributed by atoms with E-state index in [1.807, 2.05) is 13.8 Å². The first-order valence-electron chi connectivity index (χ1n) is 5.51. The van der Waals surface area contributed by atoms with Crippen LogP contribution < -0.4 is 10.1 Å². The van der Waals surface area contributed by atoms with E-state index in [0.29, 0.717) is 26.4 Å². The number of anilines is 1. The highest BCUT2D eigenvalue weighted by Gasteiger charge is 2.03. The molecule has 1 aromatic carbocycles. The van der Waals surface area contributed by atoms with Crippen molar-refractivity contribution in [2.24, 2.45) is 0 Å². The van der Waals surface area contributed by atoms with Crippen LogP contribution in [0.1, 0.15) is 13.8 Å². The lowest BCUT2D eigenvalue weighted by atomic mass is 10.3. The lowest BCUT2D eigenvalue weighted by molar-refractivity contribution is 0.158. The van der Waals surface area contributed by atoms with Crippen LogP contribution in [0.5, 0.6) is 5.75 Å².